The molecule has 0 saturated carbocycles. The largest absolute Gasteiger partial charge is 0.461 e. The second kappa shape index (κ2) is 6.51. The third kappa shape index (κ3) is 4.86. The van der Waals surface area contributed by atoms with E-state index in [-0.39, 0.29) is 29.4 Å². The number of rotatable bonds is 6. The number of halogens is 1. The Labute approximate surface area is 111 Å². The molecule has 1 aromatic rings. The number of esters is 1. The van der Waals surface area contributed by atoms with E-state index in [4.69, 9.17) is 10.5 Å². The minimum Gasteiger partial charge on any atom is -0.461 e. The summed E-state index contributed by atoms with van der Waals surface area (Å²) in [4.78, 5) is 11.5. The summed E-state index contributed by atoms with van der Waals surface area (Å²) in [5, 5.41) is 0. The summed E-state index contributed by atoms with van der Waals surface area (Å²) >= 11 is 0. The second-order valence-electron chi connectivity index (χ2n) is 4.03. The summed E-state index contributed by atoms with van der Waals surface area (Å²) in [6.07, 6.45) is 0.503. The number of ether oxygens (including phenoxy) is 1. The normalized spacial score (nSPS) is 11.3. The first kappa shape index (κ1) is 15.4. The lowest BCUT2D eigenvalue weighted by molar-refractivity contribution is 0.0524. The lowest BCUT2D eigenvalue weighted by Gasteiger charge is -2.06. The van der Waals surface area contributed by atoms with Gasteiger partial charge < -0.3 is 10.5 Å². The van der Waals surface area contributed by atoms with E-state index >= 15 is 0 Å². The molecule has 0 fully saturated rings. The Morgan fingerprint density at radius 1 is 1.37 bits per heavy atom. The zero-order chi connectivity index (χ0) is 14.5. The number of carbonyl (C=O) groups is 1. The van der Waals surface area contributed by atoms with Crippen molar-refractivity contribution in [2.75, 3.05) is 23.8 Å². The summed E-state index contributed by atoms with van der Waals surface area (Å²) in [6, 6.07) is 3.57. The van der Waals surface area contributed by atoms with Crippen LogP contribution < -0.4 is 5.73 Å². The fraction of sp³-hybridized carbons (Fsp3) is 0.417. The molecule has 0 spiro atoms. The molecule has 7 heteroatoms. The monoisotopic (exact) mass is 289 g/mol. The Balaban J connectivity index is 2.57. The van der Waals surface area contributed by atoms with Gasteiger partial charge in [0.2, 0.25) is 0 Å². The van der Waals surface area contributed by atoms with Crippen LogP contribution in [0.3, 0.4) is 0 Å². The van der Waals surface area contributed by atoms with Gasteiger partial charge in [0.25, 0.3) is 0 Å². The lowest BCUT2D eigenvalue weighted by Crippen LogP contribution is -2.18. The molecule has 0 aliphatic heterocycles. The Morgan fingerprint density at radius 3 is 2.63 bits per heavy atom. The van der Waals surface area contributed by atoms with Crippen molar-refractivity contribution >= 4 is 21.5 Å². The van der Waals surface area contributed by atoms with Crippen molar-refractivity contribution in [3.05, 3.63) is 29.6 Å². The van der Waals surface area contributed by atoms with Crippen LogP contribution in [0.1, 0.15) is 23.7 Å². The molecule has 19 heavy (non-hydrogen) atoms. The number of nitrogen functional groups attached to an aromatic ring is 1. The average Bonchev–Trinajstić information content (AvgIpc) is 2.28. The number of sulfone groups is 1. The number of nitrogens with two attached hydrogens (primary N) is 1. The quantitative estimate of drug-likeness (QED) is 0.631. The smallest absolute Gasteiger partial charge is 0.341 e. The van der Waals surface area contributed by atoms with Crippen molar-refractivity contribution in [1.29, 1.82) is 0 Å². The number of hydrogen-bond acceptors (Lipinski definition) is 5. The van der Waals surface area contributed by atoms with Crippen LogP contribution in [0.2, 0.25) is 0 Å². The van der Waals surface area contributed by atoms with E-state index < -0.39 is 21.6 Å². The standard InChI is InChI=1S/C12H16FNO4S/c1-2-6-19(16,17)7-5-18-12(15)10-4-3-9(14)8-11(10)13/h3-4,8H,2,5-7,14H2,1H3. The molecular formula is C12H16FNO4S. The maximum absolute atomic E-state index is 13.4. The lowest BCUT2D eigenvalue weighted by atomic mass is 10.2. The number of hydrogen-bond donors (Lipinski definition) is 1. The van der Waals surface area contributed by atoms with E-state index in [1.54, 1.807) is 6.92 Å². The third-order valence-electron chi connectivity index (χ3n) is 2.36. The number of anilines is 1. The van der Waals surface area contributed by atoms with Crippen LogP contribution in [0.15, 0.2) is 18.2 Å². The zero-order valence-electron chi connectivity index (χ0n) is 10.6. The van der Waals surface area contributed by atoms with Gasteiger partial charge in [-0.15, -0.1) is 0 Å². The molecule has 0 radical (unpaired) electrons. The van der Waals surface area contributed by atoms with Crippen LogP contribution in [-0.2, 0) is 14.6 Å². The van der Waals surface area contributed by atoms with Crippen molar-refractivity contribution in [2.45, 2.75) is 13.3 Å². The summed E-state index contributed by atoms with van der Waals surface area (Å²) in [5.41, 5.74) is 5.28. The maximum Gasteiger partial charge on any atom is 0.341 e. The van der Waals surface area contributed by atoms with E-state index in [9.17, 15) is 17.6 Å². The van der Waals surface area contributed by atoms with Gasteiger partial charge in [-0.25, -0.2) is 17.6 Å². The highest BCUT2D eigenvalue weighted by atomic mass is 32.2. The minimum atomic E-state index is -3.22. The topological polar surface area (TPSA) is 86.5 Å². The molecule has 0 saturated heterocycles. The molecule has 1 rings (SSSR count). The average molecular weight is 289 g/mol. The summed E-state index contributed by atoms with van der Waals surface area (Å²) < 4.78 is 40.9. The predicted octanol–water partition coefficient (Wildman–Crippen LogP) is 1.39. The van der Waals surface area contributed by atoms with E-state index in [2.05, 4.69) is 0 Å². The summed E-state index contributed by atoms with van der Waals surface area (Å²) in [5.74, 6) is -1.91. The highest BCUT2D eigenvalue weighted by Crippen LogP contribution is 2.12. The Hall–Kier alpha value is -1.63. The van der Waals surface area contributed by atoms with Crippen molar-refractivity contribution < 1.29 is 22.3 Å². The van der Waals surface area contributed by atoms with Gasteiger partial charge in [0.1, 0.15) is 12.4 Å². The molecule has 0 bridgehead atoms. The molecule has 5 nitrogen and oxygen atoms in total. The van der Waals surface area contributed by atoms with Gasteiger partial charge in [-0.05, 0) is 24.6 Å². The van der Waals surface area contributed by atoms with E-state index in [0.29, 0.717) is 6.42 Å². The first-order valence-corrected chi connectivity index (χ1v) is 7.60. The fourth-order valence-electron chi connectivity index (χ4n) is 1.45. The Bertz CT molecular complexity index is 557. The molecule has 0 aliphatic carbocycles. The molecule has 2 N–H and O–H groups in total. The van der Waals surface area contributed by atoms with Crippen LogP contribution in [0, 0.1) is 5.82 Å². The van der Waals surface area contributed by atoms with Gasteiger partial charge in [-0.3, -0.25) is 0 Å². The Morgan fingerprint density at radius 2 is 2.05 bits per heavy atom. The second-order valence-corrected chi connectivity index (χ2v) is 6.33. The van der Waals surface area contributed by atoms with Crippen molar-refractivity contribution in [1.82, 2.24) is 0 Å². The first-order valence-electron chi connectivity index (χ1n) is 5.78. The third-order valence-corrected chi connectivity index (χ3v) is 4.17. The van der Waals surface area contributed by atoms with E-state index in [1.807, 2.05) is 0 Å². The molecule has 0 aromatic heterocycles. The molecule has 0 heterocycles. The molecule has 0 aliphatic rings. The molecule has 106 valence electrons. The number of carbonyl (C=O) groups excluding carboxylic acids is 1. The van der Waals surface area contributed by atoms with Crippen molar-refractivity contribution in [3.8, 4) is 0 Å². The van der Waals surface area contributed by atoms with Crippen LogP contribution in [0.25, 0.3) is 0 Å². The minimum absolute atomic E-state index is 0.0424. The van der Waals surface area contributed by atoms with Crippen LogP contribution in [0.4, 0.5) is 10.1 Å². The van der Waals surface area contributed by atoms with Gasteiger partial charge in [0.05, 0.1) is 17.1 Å². The molecule has 0 amide bonds. The summed E-state index contributed by atoms with van der Waals surface area (Å²) in [7, 11) is -3.22. The molecule has 0 atom stereocenters. The highest BCUT2D eigenvalue weighted by Gasteiger charge is 2.15. The van der Waals surface area contributed by atoms with Gasteiger partial charge >= 0.3 is 5.97 Å². The van der Waals surface area contributed by atoms with Crippen molar-refractivity contribution in [2.24, 2.45) is 0 Å². The zero-order valence-corrected chi connectivity index (χ0v) is 11.4. The molecular weight excluding hydrogens is 273 g/mol. The summed E-state index contributed by atoms with van der Waals surface area (Å²) in [6.45, 7) is 1.46. The fourth-order valence-corrected chi connectivity index (χ4v) is 2.61. The van der Waals surface area contributed by atoms with Gasteiger partial charge in [-0.2, -0.15) is 0 Å². The van der Waals surface area contributed by atoms with Crippen LogP contribution >= 0.6 is 0 Å². The van der Waals surface area contributed by atoms with Gasteiger partial charge in [0.15, 0.2) is 9.84 Å². The SMILES string of the molecule is CCCS(=O)(=O)CCOC(=O)c1ccc(N)cc1F. The van der Waals surface area contributed by atoms with E-state index in [0.717, 1.165) is 6.07 Å². The Kier molecular flexibility index (Phi) is 5.29. The number of benzene rings is 1. The van der Waals surface area contributed by atoms with Crippen LogP contribution in [0.5, 0.6) is 0 Å². The van der Waals surface area contributed by atoms with Gasteiger partial charge in [0, 0.05) is 5.69 Å². The molecule has 0 unspecified atom stereocenters. The van der Waals surface area contributed by atoms with Gasteiger partial charge in [-0.1, -0.05) is 6.92 Å². The highest BCUT2D eigenvalue weighted by molar-refractivity contribution is 7.91. The predicted molar refractivity (Wildman–Crippen MR) is 70.0 cm³/mol. The maximum atomic E-state index is 13.4. The first-order chi connectivity index (χ1) is 8.85. The van der Waals surface area contributed by atoms with E-state index in [1.165, 1.54) is 12.1 Å². The van der Waals surface area contributed by atoms with Crippen molar-refractivity contribution in [3.63, 3.8) is 0 Å². The van der Waals surface area contributed by atoms with Crippen LogP contribution in [-0.4, -0.2) is 32.5 Å². The molecule has 1 aromatic carbocycles.